The average Bonchev–Trinajstić information content (AvgIpc) is 2.81. The molecule has 4 rings (SSSR count). The summed E-state index contributed by atoms with van der Waals surface area (Å²) in [7, 11) is 0. The Kier molecular flexibility index (Phi) is 7.00. The number of halogens is 1. The van der Waals surface area contributed by atoms with Gasteiger partial charge in [-0.3, -0.25) is 4.79 Å². The van der Waals surface area contributed by atoms with Crippen molar-refractivity contribution in [1.29, 1.82) is 0 Å². The molecule has 178 valence electrons. The van der Waals surface area contributed by atoms with Crippen LogP contribution in [-0.2, 0) is 4.79 Å². The molecule has 2 aromatic rings. The minimum Gasteiger partial charge on any atom is -0.396 e. The van der Waals surface area contributed by atoms with Gasteiger partial charge in [0, 0.05) is 30.3 Å². The number of hydrogen-bond acceptors (Lipinski definition) is 6. The predicted octanol–water partition coefficient (Wildman–Crippen LogP) is 4.14. The Hall–Kier alpha value is -2.90. The molecule has 1 aromatic heterocycles. The van der Waals surface area contributed by atoms with Gasteiger partial charge in [0.1, 0.15) is 11.6 Å². The molecule has 0 radical (unpaired) electrons. The Morgan fingerprint density at radius 3 is 2.61 bits per heavy atom. The van der Waals surface area contributed by atoms with Crippen molar-refractivity contribution in [3.8, 4) is 11.3 Å². The standard InChI is InChI=1S/C25H35FN6O/c1-15-8-9-19(24(33)29-16(2)17-6-4-3-5-7-17)14-32(15)23-13-22(30-25(28)31-23)18-10-11-21(27)20(26)12-18/h10-13,15-17,19H,3-9,14,27H2,1-2H3,(H,29,33)(H2,28,30,31)/t15-,16-,19+/m1/s1. The van der Waals surface area contributed by atoms with Crippen LogP contribution in [0.5, 0.6) is 0 Å². The lowest BCUT2D eigenvalue weighted by molar-refractivity contribution is -0.126. The number of hydrogen-bond donors (Lipinski definition) is 3. The number of rotatable bonds is 5. The van der Waals surface area contributed by atoms with Gasteiger partial charge in [0.15, 0.2) is 0 Å². The van der Waals surface area contributed by atoms with Gasteiger partial charge in [-0.25, -0.2) is 9.37 Å². The molecule has 1 aliphatic heterocycles. The number of nitrogens with two attached hydrogens (primary N) is 2. The van der Waals surface area contributed by atoms with E-state index in [0.29, 0.717) is 29.5 Å². The van der Waals surface area contributed by atoms with Crippen molar-refractivity contribution in [3.05, 3.63) is 30.1 Å². The lowest BCUT2D eigenvalue weighted by Crippen LogP contribution is -2.50. The van der Waals surface area contributed by atoms with E-state index in [1.165, 1.54) is 44.2 Å². The molecule has 2 heterocycles. The maximum Gasteiger partial charge on any atom is 0.225 e. The zero-order valence-electron chi connectivity index (χ0n) is 19.6. The summed E-state index contributed by atoms with van der Waals surface area (Å²) in [5.41, 5.74) is 12.8. The van der Waals surface area contributed by atoms with E-state index in [0.717, 1.165) is 12.8 Å². The van der Waals surface area contributed by atoms with E-state index in [4.69, 9.17) is 11.5 Å². The number of nitrogen functional groups attached to an aromatic ring is 2. The van der Waals surface area contributed by atoms with E-state index >= 15 is 0 Å². The number of anilines is 3. The van der Waals surface area contributed by atoms with Crippen LogP contribution >= 0.6 is 0 Å². The van der Waals surface area contributed by atoms with E-state index in [9.17, 15) is 9.18 Å². The van der Waals surface area contributed by atoms with Crippen LogP contribution in [0.25, 0.3) is 11.3 Å². The molecule has 2 fully saturated rings. The van der Waals surface area contributed by atoms with Crippen LogP contribution in [0.2, 0.25) is 0 Å². The molecule has 1 aromatic carbocycles. The summed E-state index contributed by atoms with van der Waals surface area (Å²) in [6.07, 6.45) is 7.95. The highest BCUT2D eigenvalue weighted by Gasteiger charge is 2.32. The van der Waals surface area contributed by atoms with Gasteiger partial charge in [0.25, 0.3) is 0 Å². The number of amides is 1. The smallest absolute Gasteiger partial charge is 0.225 e. The third kappa shape index (κ3) is 5.37. The topological polar surface area (TPSA) is 110 Å². The Bertz CT molecular complexity index is 993. The lowest BCUT2D eigenvalue weighted by atomic mass is 9.84. The molecule has 0 spiro atoms. The van der Waals surface area contributed by atoms with E-state index in [1.807, 2.05) is 6.07 Å². The summed E-state index contributed by atoms with van der Waals surface area (Å²) in [5.74, 6) is 0.852. The molecule has 3 atom stereocenters. The van der Waals surface area contributed by atoms with Crippen molar-refractivity contribution < 1.29 is 9.18 Å². The molecule has 5 N–H and O–H groups in total. The molecule has 2 aliphatic rings. The second kappa shape index (κ2) is 9.93. The zero-order valence-corrected chi connectivity index (χ0v) is 19.6. The zero-order chi connectivity index (χ0) is 23.5. The fraction of sp³-hybridized carbons (Fsp3) is 0.560. The van der Waals surface area contributed by atoms with Gasteiger partial charge < -0.3 is 21.7 Å². The number of carbonyl (C=O) groups is 1. The van der Waals surface area contributed by atoms with Gasteiger partial charge in [-0.1, -0.05) is 25.3 Å². The molecule has 1 amide bonds. The number of benzene rings is 1. The van der Waals surface area contributed by atoms with Gasteiger partial charge in [-0.05, 0) is 57.6 Å². The third-order valence-electron chi connectivity index (χ3n) is 7.30. The van der Waals surface area contributed by atoms with Crippen molar-refractivity contribution in [2.75, 3.05) is 22.9 Å². The Morgan fingerprint density at radius 2 is 1.88 bits per heavy atom. The molecule has 33 heavy (non-hydrogen) atoms. The average molecular weight is 455 g/mol. The third-order valence-corrected chi connectivity index (χ3v) is 7.30. The largest absolute Gasteiger partial charge is 0.396 e. The first kappa shape index (κ1) is 23.3. The number of nitrogens with zero attached hydrogens (tertiary/aromatic N) is 3. The summed E-state index contributed by atoms with van der Waals surface area (Å²) in [4.78, 5) is 24.0. The van der Waals surface area contributed by atoms with Gasteiger partial charge in [0.05, 0.1) is 17.3 Å². The molecule has 0 unspecified atom stereocenters. The van der Waals surface area contributed by atoms with Crippen molar-refractivity contribution >= 4 is 23.4 Å². The number of nitrogens with one attached hydrogen (secondary N) is 1. The molecular weight excluding hydrogens is 419 g/mol. The van der Waals surface area contributed by atoms with Crippen LogP contribution in [0.3, 0.4) is 0 Å². The van der Waals surface area contributed by atoms with Crippen molar-refractivity contribution in [2.45, 2.75) is 70.9 Å². The fourth-order valence-corrected chi connectivity index (χ4v) is 5.17. The first-order chi connectivity index (χ1) is 15.8. The SMILES string of the molecule is C[C@@H]1CC[C@H](C(=O)N[C@H](C)C2CCCCC2)CN1c1cc(-c2ccc(N)c(F)c2)nc(N)n1. The van der Waals surface area contributed by atoms with Crippen LogP contribution in [0.15, 0.2) is 24.3 Å². The van der Waals surface area contributed by atoms with Crippen LogP contribution in [0.4, 0.5) is 21.8 Å². The van der Waals surface area contributed by atoms with Crippen molar-refractivity contribution in [2.24, 2.45) is 11.8 Å². The fourth-order valence-electron chi connectivity index (χ4n) is 5.17. The second-order valence-electron chi connectivity index (χ2n) is 9.68. The van der Waals surface area contributed by atoms with Gasteiger partial charge in [-0.15, -0.1) is 0 Å². The van der Waals surface area contributed by atoms with E-state index in [-0.39, 0.29) is 35.5 Å². The number of piperidine rings is 1. The summed E-state index contributed by atoms with van der Waals surface area (Å²) in [6.45, 7) is 4.83. The van der Waals surface area contributed by atoms with Crippen LogP contribution in [0.1, 0.15) is 58.8 Å². The van der Waals surface area contributed by atoms with Crippen LogP contribution in [-0.4, -0.2) is 34.5 Å². The summed E-state index contributed by atoms with van der Waals surface area (Å²) < 4.78 is 14.0. The highest BCUT2D eigenvalue weighted by molar-refractivity contribution is 5.80. The summed E-state index contributed by atoms with van der Waals surface area (Å²) in [5, 5.41) is 3.29. The maximum absolute atomic E-state index is 14.0. The van der Waals surface area contributed by atoms with Crippen LogP contribution in [0, 0.1) is 17.7 Å². The van der Waals surface area contributed by atoms with Crippen molar-refractivity contribution in [3.63, 3.8) is 0 Å². The first-order valence-corrected chi connectivity index (χ1v) is 12.1. The van der Waals surface area contributed by atoms with E-state index < -0.39 is 5.82 Å². The molecule has 8 heteroatoms. The Labute approximate surface area is 195 Å². The lowest BCUT2D eigenvalue weighted by Gasteiger charge is -2.39. The first-order valence-electron chi connectivity index (χ1n) is 12.1. The highest BCUT2D eigenvalue weighted by Crippen LogP contribution is 2.31. The van der Waals surface area contributed by atoms with E-state index in [2.05, 4.69) is 34.0 Å². The number of aromatic nitrogens is 2. The van der Waals surface area contributed by atoms with Gasteiger partial charge in [-0.2, -0.15) is 4.98 Å². The number of carbonyl (C=O) groups excluding carboxylic acids is 1. The van der Waals surface area contributed by atoms with Crippen LogP contribution < -0.4 is 21.7 Å². The van der Waals surface area contributed by atoms with Gasteiger partial charge >= 0.3 is 0 Å². The quantitative estimate of drug-likeness (QED) is 0.586. The minimum absolute atomic E-state index is 0.0852. The highest BCUT2D eigenvalue weighted by atomic mass is 19.1. The summed E-state index contributed by atoms with van der Waals surface area (Å²) >= 11 is 0. The maximum atomic E-state index is 14.0. The molecular formula is C25H35FN6O. The molecule has 1 aliphatic carbocycles. The molecule has 7 nitrogen and oxygen atoms in total. The Morgan fingerprint density at radius 1 is 1.12 bits per heavy atom. The van der Waals surface area contributed by atoms with Gasteiger partial charge in [0.2, 0.25) is 11.9 Å². The van der Waals surface area contributed by atoms with E-state index in [1.54, 1.807) is 6.07 Å². The normalized spacial score (nSPS) is 22.7. The second-order valence-corrected chi connectivity index (χ2v) is 9.68. The predicted molar refractivity (Wildman–Crippen MR) is 130 cm³/mol. The molecule has 1 saturated carbocycles. The Balaban J connectivity index is 1.50. The minimum atomic E-state index is -0.499. The molecule has 1 saturated heterocycles. The monoisotopic (exact) mass is 454 g/mol. The molecule has 0 bridgehead atoms. The summed E-state index contributed by atoms with van der Waals surface area (Å²) in [6, 6.07) is 6.79. The van der Waals surface area contributed by atoms with Crippen molar-refractivity contribution in [1.82, 2.24) is 15.3 Å².